The van der Waals surface area contributed by atoms with Gasteiger partial charge in [-0.25, -0.2) is 4.79 Å². The number of rotatable bonds is 3. The van der Waals surface area contributed by atoms with Crippen LogP contribution in [0.4, 0.5) is 0 Å². The second kappa shape index (κ2) is 5.23. The van der Waals surface area contributed by atoms with Gasteiger partial charge in [0.2, 0.25) is 0 Å². The highest BCUT2D eigenvalue weighted by Gasteiger charge is 2.07. The first-order valence-corrected chi connectivity index (χ1v) is 6.12. The molecule has 0 unspecified atom stereocenters. The minimum atomic E-state index is -0.981. The van der Waals surface area contributed by atoms with Crippen LogP contribution < -0.4 is 4.74 Å². The number of carboxylic acid groups (broad SMARTS) is 1. The molecular formula is C14H11BrO3. The third-order valence-corrected chi connectivity index (χ3v) is 2.80. The molecule has 3 nitrogen and oxygen atoms in total. The van der Waals surface area contributed by atoms with Gasteiger partial charge >= 0.3 is 5.97 Å². The Balaban J connectivity index is 2.31. The lowest BCUT2D eigenvalue weighted by Gasteiger charge is -2.08. The van der Waals surface area contributed by atoms with Crippen LogP contribution in [0.25, 0.3) is 0 Å². The molecule has 0 saturated carbocycles. The van der Waals surface area contributed by atoms with Gasteiger partial charge in [0.25, 0.3) is 0 Å². The van der Waals surface area contributed by atoms with Gasteiger partial charge in [-0.2, -0.15) is 0 Å². The Morgan fingerprint density at radius 3 is 2.61 bits per heavy atom. The summed E-state index contributed by atoms with van der Waals surface area (Å²) in [7, 11) is 0. The highest BCUT2D eigenvalue weighted by Crippen LogP contribution is 2.26. The predicted octanol–water partition coefficient (Wildman–Crippen LogP) is 4.25. The molecule has 1 N–H and O–H groups in total. The van der Waals surface area contributed by atoms with Crippen LogP contribution in [0.2, 0.25) is 0 Å². The molecule has 0 aliphatic carbocycles. The number of hydrogen-bond acceptors (Lipinski definition) is 2. The lowest BCUT2D eigenvalue weighted by atomic mass is 10.2. The summed E-state index contributed by atoms with van der Waals surface area (Å²) in [4.78, 5) is 10.9. The maximum Gasteiger partial charge on any atom is 0.335 e. The Morgan fingerprint density at radius 2 is 1.94 bits per heavy atom. The van der Waals surface area contributed by atoms with Crippen molar-refractivity contribution in [3.05, 3.63) is 58.1 Å². The number of carboxylic acids is 1. The molecule has 2 aromatic rings. The molecule has 0 aromatic heterocycles. The normalized spacial score (nSPS) is 10.1. The number of aryl methyl sites for hydroxylation is 1. The fourth-order valence-corrected chi connectivity index (χ4v) is 2.03. The molecule has 0 spiro atoms. The zero-order chi connectivity index (χ0) is 13.1. The highest BCUT2D eigenvalue weighted by atomic mass is 79.9. The molecule has 0 bridgehead atoms. The lowest BCUT2D eigenvalue weighted by Crippen LogP contribution is -1.96. The van der Waals surface area contributed by atoms with E-state index >= 15 is 0 Å². The average molecular weight is 307 g/mol. The third kappa shape index (κ3) is 3.11. The molecular weight excluding hydrogens is 296 g/mol. The van der Waals surface area contributed by atoms with E-state index in [1.807, 2.05) is 31.2 Å². The van der Waals surface area contributed by atoms with E-state index in [1.165, 1.54) is 12.1 Å². The molecule has 0 aliphatic heterocycles. The maximum atomic E-state index is 10.9. The lowest BCUT2D eigenvalue weighted by molar-refractivity contribution is 0.0696. The summed E-state index contributed by atoms with van der Waals surface area (Å²) >= 11 is 3.27. The fraction of sp³-hybridized carbons (Fsp3) is 0.0714. The van der Waals surface area contributed by atoms with E-state index in [2.05, 4.69) is 15.9 Å². The zero-order valence-corrected chi connectivity index (χ0v) is 11.3. The second-order valence-electron chi connectivity index (χ2n) is 3.90. The van der Waals surface area contributed by atoms with Gasteiger partial charge < -0.3 is 9.84 Å². The standard InChI is InChI=1S/C14H11BrO3/c1-9-3-2-4-12(5-9)18-13-7-10(14(16)17)6-11(15)8-13/h2-8H,1H3,(H,16,17). The van der Waals surface area contributed by atoms with Gasteiger partial charge in [-0.1, -0.05) is 28.1 Å². The van der Waals surface area contributed by atoms with Crippen molar-refractivity contribution in [3.8, 4) is 11.5 Å². The van der Waals surface area contributed by atoms with Crippen molar-refractivity contribution in [1.82, 2.24) is 0 Å². The van der Waals surface area contributed by atoms with Crippen LogP contribution in [-0.4, -0.2) is 11.1 Å². The van der Waals surface area contributed by atoms with Gasteiger partial charge in [0.05, 0.1) is 5.56 Å². The predicted molar refractivity (Wildman–Crippen MR) is 72.4 cm³/mol. The summed E-state index contributed by atoms with van der Waals surface area (Å²) in [6, 6.07) is 12.3. The number of aromatic carboxylic acids is 1. The van der Waals surface area contributed by atoms with Gasteiger partial charge in [-0.15, -0.1) is 0 Å². The maximum absolute atomic E-state index is 10.9. The first kappa shape index (κ1) is 12.6. The molecule has 2 aromatic carbocycles. The molecule has 0 aliphatic rings. The first-order valence-electron chi connectivity index (χ1n) is 5.33. The van der Waals surface area contributed by atoms with E-state index in [4.69, 9.17) is 9.84 Å². The minimum Gasteiger partial charge on any atom is -0.478 e. The number of halogens is 1. The van der Waals surface area contributed by atoms with Crippen molar-refractivity contribution in [3.63, 3.8) is 0 Å². The van der Waals surface area contributed by atoms with Crippen LogP contribution in [0.3, 0.4) is 0 Å². The van der Waals surface area contributed by atoms with Crippen LogP contribution in [0.1, 0.15) is 15.9 Å². The van der Waals surface area contributed by atoms with Gasteiger partial charge in [0, 0.05) is 4.47 Å². The van der Waals surface area contributed by atoms with Crippen LogP contribution in [0, 0.1) is 6.92 Å². The van der Waals surface area contributed by atoms with Gasteiger partial charge in [-0.05, 0) is 42.8 Å². The zero-order valence-electron chi connectivity index (χ0n) is 9.68. The molecule has 0 radical (unpaired) electrons. The third-order valence-electron chi connectivity index (χ3n) is 2.34. The van der Waals surface area contributed by atoms with Crippen molar-refractivity contribution in [2.24, 2.45) is 0 Å². The summed E-state index contributed by atoms with van der Waals surface area (Å²) in [6.45, 7) is 1.97. The van der Waals surface area contributed by atoms with E-state index in [0.29, 0.717) is 16.0 Å². The average Bonchev–Trinajstić information content (AvgIpc) is 2.28. The first-order chi connectivity index (χ1) is 8.54. The van der Waals surface area contributed by atoms with Crippen molar-refractivity contribution >= 4 is 21.9 Å². The van der Waals surface area contributed by atoms with Crippen LogP contribution in [-0.2, 0) is 0 Å². The molecule has 0 amide bonds. The number of carbonyl (C=O) groups is 1. The van der Waals surface area contributed by atoms with Crippen molar-refractivity contribution in [1.29, 1.82) is 0 Å². The van der Waals surface area contributed by atoms with Crippen LogP contribution in [0.15, 0.2) is 46.9 Å². The number of ether oxygens (including phenoxy) is 1. The van der Waals surface area contributed by atoms with Crippen molar-refractivity contribution in [2.75, 3.05) is 0 Å². The van der Waals surface area contributed by atoms with Crippen molar-refractivity contribution in [2.45, 2.75) is 6.92 Å². The SMILES string of the molecule is Cc1cccc(Oc2cc(Br)cc(C(=O)O)c2)c1. The fourth-order valence-electron chi connectivity index (χ4n) is 1.56. The molecule has 0 heterocycles. The van der Waals surface area contributed by atoms with Crippen LogP contribution in [0.5, 0.6) is 11.5 Å². The molecule has 0 saturated heterocycles. The summed E-state index contributed by atoms with van der Waals surface area (Å²) in [5, 5.41) is 8.97. The summed E-state index contributed by atoms with van der Waals surface area (Å²) in [5.74, 6) is 0.196. The Labute approximate surface area is 113 Å². The monoisotopic (exact) mass is 306 g/mol. The summed E-state index contributed by atoms with van der Waals surface area (Å²) < 4.78 is 6.31. The Kier molecular flexibility index (Phi) is 3.67. The van der Waals surface area contributed by atoms with Crippen molar-refractivity contribution < 1.29 is 14.6 Å². The minimum absolute atomic E-state index is 0.187. The van der Waals surface area contributed by atoms with E-state index in [9.17, 15) is 4.79 Å². The Morgan fingerprint density at radius 1 is 1.17 bits per heavy atom. The molecule has 92 valence electrons. The topological polar surface area (TPSA) is 46.5 Å². The Bertz CT molecular complexity index is 593. The number of benzene rings is 2. The molecule has 4 heteroatoms. The van der Waals surface area contributed by atoms with Gasteiger partial charge in [0.15, 0.2) is 0 Å². The molecule has 0 fully saturated rings. The van der Waals surface area contributed by atoms with E-state index in [0.717, 1.165) is 5.56 Å². The highest BCUT2D eigenvalue weighted by molar-refractivity contribution is 9.10. The van der Waals surface area contributed by atoms with E-state index in [1.54, 1.807) is 6.07 Å². The summed E-state index contributed by atoms with van der Waals surface area (Å²) in [6.07, 6.45) is 0. The molecule has 18 heavy (non-hydrogen) atoms. The largest absolute Gasteiger partial charge is 0.478 e. The second-order valence-corrected chi connectivity index (χ2v) is 4.82. The quantitative estimate of drug-likeness (QED) is 0.922. The molecule has 2 rings (SSSR count). The summed E-state index contributed by atoms with van der Waals surface area (Å²) in [5.41, 5.74) is 1.27. The van der Waals surface area contributed by atoms with Gasteiger partial charge in [0.1, 0.15) is 11.5 Å². The van der Waals surface area contributed by atoms with E-state index < -0.39 is 5.97 Å². The van der Waals surface area contributed by atoms with E-state index in [-0.39, 0.29) is 5.56 Å². The molecule has 0 atom stereocenters. The smallest absolute Gasteiger partial charge is 0.335 e. The number of hydrogen-bond donors (Lipinski definition) is 1. The van der Waals surface area contributed by atoms with Crippen LogP contribution >= 0.6 is 15.9 Å². The van der Waals surface area contributed by atoms with Gasteiger partial charge in [-0.3, -0.25) is 0 Å². The Hall–Kier alpha value is -1.81.